The number of aryl methyl sites for hydroxylation is 2. The average molecular weight is 408 g/mol. The Kier molecular flexibility index (Phi) is 8.47. The maximum Gasteiger partial charge on any atom is 0.405 e. The molecule has 1 aromatic rings. The van der Waals surface area contributed by atoms with E-state index in [1.54, 1.807) is 19.2 Å². The van der Waals surface area contributed by atoms with Gasteiger partial charge in [-0.3, -0.25) is 14.9 Å². The monoisotopic (exact) mass is 408 g/mol. The summed E-state index contributed by atoms with van der Waals surface area (Å²) in [6.45, 7) is 1.23. The third-order valence-corrected chi connectivity index (χ3v) is 3.78. The number of imide groups is 1. The molecule has 1 aromatic heterocycles. The highest BCUT2D eigenvalue weighted by molar-refractivity contribution is 7.98. The third kappa shape index (κ3) is 8.71. The summed E-state index contributed by atoms with van der Waals surface area (Å²) in [7, 11) is 0. The van der Waals surface area contributed by atoms with E-state index in [0.29, 0.717) is 11.6 Å². The Bertz CT molecular complexity index is 690. The Hall–Kier alpha value is -2.37. The molecule has 0 radical (unpaired) electrons. The summed E-state index contributed by atoms with van der Waals surface area (Å²) in [5.41, 5.74) is 2.26. The van der Waals surface area contributed by atoms with Crippen molar-refractivity contribution in [1.82, 2.24) is 20.6 Å². The van der Waals surface area contributed by atoms with Crippen LogP contribution >= 0.6 is 11.8 Å². The first kappa shape index (κ1) is 22.7. The second-order valence-electron chi connectivity index (χ2n) is 5.37. The summed E-state index contributed by atoms with van der Waals surface area (Å²) >= 11 is 1.40. The molecule has 0 atom stereocenters. The number of thioether (sulfide) groups is 1. The molecule has 1 rings (SSSR count). The van der Waals surface area contributed by atoms with Gasteiger partial charge in [-0.25, -0.2) is 14.8 Å². The number of alkyl halides is 3. The van der Waals surface area contributed by atoms with Gasteiger partial charge >= 0.3 is 18.2 Å². The predicted molar refractivity (Wildman–Crippen MR) is 90.2 cm³/mol. The molecule has 0 fully saturated rings. The summed E-state index contributed by atoms with van der Waals surface area (Å²) < 4.78 is 40.5. The summed E-state index contributed by atoms with van der Waals surface area (Å²) in [4.78, 5) is 42.7. The minimum absolute atomic E-state index is 0.0444. The lowest BCUT2D eigenvalue weighted by molar-refractivity contribution is -0.148. The van der Waals surface area contributed by atoms with Crippen molar-refractivity contribution in [3.63, 3.8) is 0 Å². The molecule has 0 spiro atoms. The van der Waals surface area contributed by atoms with E-state index in [1.807, 2.05) is 6.26 Å². The van der Waals surface area contributed by atoms with Gasteiger partial charge in [0.1, 0.15) is 6.54 Å². The number of hydrogen-bond donors (Lipinski definition) is 2. The maximum atomic E-state index is 11.9. The van der Waals surface area contributed by atoms with E-state index in [9.17, 15) is 27.6 Å². The summed E-state index contributed by atoms with van der Waals surface area (Å²) in [5.74, 6) is -1.74. The van der Waals surface area contributed by atoms with Crippen molar-refractivity contribution in [1.29, 1.82) is 0 Å². The molecule has 0 bridgehead atoms. The van der Waals surface area contributed by atoms with E-state index in [-0.39, 0.29) is 6.42 Å². The molecule has 12 heteroatoms. The first-order valence-electron chi connectivity index (χ1n) is 7.70. The molecule has 0 aliphatic heterocycles. The number of amides is 3. The van der Waals surface area contributed by atoms with Crippen LogP contribution in [0.5, 0.6) is 0 Å². The highest BCUT2D eigenvalue weighted by atomic mass is 32.2. The number of hydrogen-bond acceptors (Lipinski definition) is 7. The highest BCUT2D eigenvalue weighted by Crippen LogP contribution is 2.17. The van der Waals surface area contributed by atoms with Gasteiger partial charge in [0.05, 0.1) is 0 Å². The highest BCUT2D eigenvalue weighted by Gasteiger charge is 2.28. The molecule has 0 aliphatic carbocycles. The van der Waals surface area contributed by atoms with Gasteiger partial charge in [0.2, 0.25) is 0 Å². The van der Waals surface area contributed by atoms with Crippen LogP contribution in [-0.2, 0) is 20.7 Å². The molecule has 2 N–H and O–H groups in total. The molecule has 150 valence electrons. The summed E-state index contributed by atoms with van der Waals surface area (Å²) in [5, 5.41) is 3.70. The summed E-state index contributed by atoms with van der Waals surface area (Å²) in [6, 6.07) is -1.33. The molecule has 0 unspecified atom stereocenters. The van der Waals surface area contributed by atoms with Crippen LogP contribution in [0.2, 0.25) is 0 Å². The van der Waals surface area contributed by atoms with Gasteiger partial charge in [-0.15, -0.1) is 0 Å². The molecule has 0 aliphatic rings. The van der Waals surface area contributed by atoms with Gasteiger partial charge in [0.25, 0.3) is 5.91 Å². The second-order valence-corrected chi connectivity index (χ2v) is 6.14. The molecule has 3 amide bonds. The Morgan fingerprint density at radius 1 is 1.15 bits per heavy atom. The van der Waals surface area contributed by atoms with Gasteiger partial charge in [0.15, 0.2) is 11.8 Å². The SMILES string of the molecule is CSc1nc(C)c(CCC(=O)OCC(=O)NC(=O)NCC(F)(F)F)c(C)n1. The van der Waals surface area contributed by atoms with E-state index < -0.39 is 37.2 Å². The van der Waals surface area contributed by atoms with Crippen molar-refractivity contribution in [2.75, 3.05) is 19.4 Å². The fraction of sp³-hybridized carbons (Fsp3) is 0.533. The van der Waals surface area contributed by atoms with Crippen LogP contribution in [-0.4, -0.2) is 53.5 Å². The maximum absolute atomic E-state index is 11.9. The Labute approximate surface area is 157 Å². The summed E-state index contributed by atoms with van der Waals surface area (Å²) in [6.07, 6.45) is -2.49. The average Bonchev–Trinajstić information content (AvgIpc) is 2.56. The number of carbonyl (C=O) groups is 3. The number of rotatable bonds is 7. The lowest BCUT2D eigenvalue weighted by Crippen LogP contribution is -2.44. The number of nitrogens with one attached hydrogen (secondary N) is 2. The Morgan fingerprint density at radius 3 is 2.26 bits per heavy atom. The van der Waals surface area contributed by atoms with Crippen LogP contribution in [0, 0.1) is 13.8 Å². The molecule has 27 heavy (non-hydrogen) atoms. The fourth-order valence-electron chi connectivity index (χ4n) is 1.99. The van der Waals surface area contributed by atoms with Crippen molar-refractivity contribution >= 4 is 29.7 Å². The number of nitrogens with zero attached hydrogens (tertiary/aromatic N) is 2. The van der Waals surface area contributed by atoms with Crippen molar-refractivity contribution < 1.29 is 32.3 Å². The zero-order valence-corrected chi connectivity index (χ0v) is 15.7. The molecule has 0 saturated carbocycles. The zero-order valence-electron chi connectivity index (χ0n) is 14.9. The van der Waals surface area contributed by atoms with Crippen LogP contribution in [0.15, 0.2) is 5.16 Å². The van der Waals surface area contributed by atoms with Crippen molar-refractivity contribution in [3.05, 3.63) is 17.0 Å². The van der Waals surface area contributed by atoms with E-state index in [4.69, 9.17) is 4.74 Å². The molecule has 0 saturated heterocycles. The quantitative estimate of drug-likeness (QED) is 0.401. The first-order valence-corrected chi connectivity index (χ1v) is 8.92. The normalized spacial score (nSPS) is 11.0. The molecule has 1 heterocycles. The zero-order chi connectivity index (χ0) is 20.6. The second kappa shape index (κ2) is 10.1. The van der Waals surface area contributed by atoms with Gasteiger partial charge in [-0.05, 0) is 32.1 Å². The number of carbonyl (C=O) groups excluding carboxylic acids is 3. The number of esters is 1. The smallest absolute Gasteiger partial charge is 0.405 e. The van der Waals surface area contributed by atoms with Gasteiger partial charge < -0.3 is 10.1 Å². The number of halogens is 3. The minimum atomic E-state index is -4.60. The van der Waals surface area contributed by atoms with E-state index in [0.717, 1.165) is 17.0 Å². The molecular weight excluding hydrogens is 389 g/mol. The van der Waals surface area contributed by atoms with Crippen LogP contribution < -0.4 is 10.6 Å². The van der Waals surface area contributed by atoms with Crippen LogP contribution in [0.1, 0.15) is 23.4 Å². The van der Waals surface area contributed by atoms with Crippen LogP contribution in [0.4, 0.5) is 18.0 Å². The topological polar surface area (TPSA) is 110 Å². The minimum Gasteiger partial charge on any atom is -0.456 e. The van der Waals surface area contributed by atoms with E-state index in [2.05, 4.69) is 9.97 Å². The fourth-order valence-corrected chi connectivity index (χ4v) is 2.45. The van der Waals surface area contributed by atoms with Crippen molar-refractivity contribution in [2.24, 2.45) is 0 Å². The van der Waals surface area contributed by atoms with Gasteiger partial charge in [-0.2, -0.15) is 13.2 Å². The molecule has 0 aromatic carbocycles. The Morgan fingerprint density at radius 2 is 1.74 bits per heavy atom. The lowest BCUT2D eigenvalue weighted by atomic mass is 10.1. The van der Waals surface area contributed by atoms with E-state index in [1.165, 1.54) is 17.1 Å². The number of aromatic nitrogens is 2. The van der Waals surface area contributed by atoms with Crippen molar-refractivity contribution in [3.8, 4) is 0 Å². The largest absolute Gasteiger partial charge is 0.456 e. The van der Waals surface area contributed by atoms with Crippen LogP contribution in [0.25, 0.3) is 0 Å². The standard InChI is InChI=1S/C15H19F3N4O4S/c1-8-10(9(2)21-14(20-8)27-3)4-5-12(24)26-6-11(23)22-13(25)19-7-15(16,17)18/h4-7H2,1-3H3,(H2,19,22,23,25). The van der Waals surface area contributed by atoms with Gasteiger partial charge in [-0.1, -0.05) is 11.8 Å². The third-order valence-electron chi connectivity index (χ3n) is 3.23. The number of urea groups is 1. The van der Waals surface area contributed by atoms with Gasteiger partial charge in [0, 0.05) is 17.8 Å². The molecular formula is C15H19F3N4O4S. The van der Waals surface area contributed by atoms with E-state index >= 15 is 0 Å². The lowest BCUT2D eigenvalue weighted by Gasteiger charge is -2.10. The predicted octanol–water partition coefficient (Wildman–Crippen LogP) is 1.68. The first-order chi connectivity index (χ1) is 12.5. The van der Waals surface area contributed by atoms with Crippen LogP contribution in [0.3, 0.4) is 0 Å². The molecule has 8 nitrogen and oxygen atoms in total. The Balaban J connectivity index is 2.39. The number of ether oxygens (including phenoxy) is 1. The van der Waals surface area contributed by atoms with Crippen molar-refractivity contribution in [2.45, 2.75) is 38.0 Å².